The van der Waals surface area contributed by atoms with Crippen LogP contribution in [-0.4, -0.2) is 92.7 Å². The predicted octanol–water partition coefficient (Wildman–Crippen LogP) is 2.62. The summed E-state index contributed by atoms with van der Waals surface area (Å²) in [6.45, 7) is 16.1. The topological polar surface area (TPSA) is 59.3 Å². The van der Waals surface area contributed by atoms with Gasteiger partial charge < -0.3 is 20.0 Å². The number of rotatable bonds is 9. The second-order valence-corrected chi connectivity index (χ2v) is 8.05. The van der Waals surface area contributed by atoms with Gasteiger partial charge in [-0.15, -0.1) is 24.0 Å². The van der Waals surface area contributed by atoms with Gasteiger partial charge in [-0.25, -0.2) is 0 Å². The van der Waals surface area contributed by atoms with Gasteiger partial charge in [-0.2, -0.15) is 0 Å². The number of furan rings is 1. The number of piperazine rings is 1. The average molecular weight is 533 g/mol. The highest BCUT2D eigenvalue weighted by Crippen LogP contribution is 2.25. The van der Waals surface area contributed by atoms with Gasteiger partial charge in [0.25, 0.3) is 0 Å². The zero-order valence-corrected chi connectivity index (χ0v) is 21.1. The molecule has 0 bridgehead atoms. The highest BCUT2D eigenvalue weighted by molar-refractivity contribution is 14.0. The highest BCUT2D eigenvalue weighted by Gasteiger charge is 2.24. The lowest BCUT2D eigenvalue weighted by atomic mass is 10.1. The van der Waals surface area contributed by atoms with Gasteiger partial charge in [-0.3, -0.25) is 14.8 Å². The number of likely N-dealkylation sites (N-methyl/N-ethyl adjacent to an activating group) is 1. The maximum absolute atomic E-state index is 5.76. The smallest absolute Gasteiger partial charge is 0.191 e. The van der Waals surface area contributed by atoms with Crippen LogP contribution >= 0.6 is 24.0 Å². The Bertz CT molecular complexity index is 582. The first-order valence-corrected chi connectivity index (χ1v) is 11.5. The van der Waals surface area contributed by atoms with Crippen LogP contribution in [0.1, 0.15) is 44.9 Å². The molecule has 2 fully saturated rings. The molecule has 30 heavy (non-hydrogen) atoms. The summed E-state index contributed by atoms with van der Waals surface area (Å²) in [5.41, 5.74) is 0. The summed E-state index contributed by atoms with van der Waals surface area (Å²) in [6.07, 6.45) is 5.65. The summed E-state index contributed by atoms with van der Waals surface area (Å²) in [5.74, 6) is 1.94. The van der Waals surface area contributed by atoms with E-state index in [4.69, 9.17) is 9.41 Å². The van der Waals surface area contributed by atoms with Crippen molar-refractivity contribution in [2.75, 3.05) is 72.0 Å². The monoisotopic (exact) mass is 532 g/mol. The molecule has 1 aromatic rings. The Morgan fingerprint density at radius 2 is 1.77 bits per heavy atom. The SMILES string of the molecule is CCNC(=NCC(c1ccco1)N1CCCCC1)NCCN1CCN(CC)CC1.I. The van der Waals surface area contributed by atoms with Crippen LogP contribution in [-0.2, 0) is 0 Å². The minimum atomic E-state index is 0. The highest BCUT2D eigenvalue weighted by atomic mass is 127. The van der Waals surface area contributed by atoms with Crippen molar-refractivity contribution < 1.29 is 4.42 Å². The summed E-state index contributed by atoms with van der Waals surface area (Å²) in [6, 6.07) is 4.30. The molecule has 0 spiro atoms. The predicted molar refractivity (Wildman–Crippen MR) is 135 cm³/mol. The lowest BCUT2D eigenvalue weighted by molar-refractivity contribution is 0.139. The van der Waals surface area contributed by atoms with E-state index in [9.17, 15) is 0 Å². The van der Waals surface area contributed by atoms with E-state index in [1.54, 1.807) is 6.26 Å². The number of nitrogens with one attached hydrogen (secondary N) is 2. The molecule has 172 valence electrons. The van der Waals surface area contributed by atoms with E-state index in [1.807, 2.05) is 6.07 Å². The van der Waals surface area contributed by atoms with Crippen LogP contribution < -0.4 is 10.6 Å². The van der Waals surface area contributed by atoms with Crippen molar-refractivity contribution in [3.8, 4) is 0 Å². The van der Waals surface area contributed by atoms with E-state index in [-0.39, 0.29) is 30.0 Å². The zero-order valence-electron chi connectivity index (χ0n) is 18.8. The zero-order chi connectivity index (χ0) is 20.3. The van der Waals surface area contributed by atoms with Crippen LogP contribution in [0, 0.1) is 0 Å². The van der Waals surface area contributed by atoms with E-state index < -0.39 is 0 Å². The number of hydrogen-bond acceptors (Lipinski definition) is 5. The molecule has 0 aromatic carbocycles. The number of aliphatic imine (C=N–C) groups is 1. The average Bonchev–Trinajstić information content (AvgIpc) is 3.30. The Labute approximate surface area is 199 Å². The first-order chi connectivity index (χ1) is 14.3. The molecule has 0 saturated carbocycles. The second kappa shape index (κ2) is 14.3. The normalized spacial score (nSPS) is 20.5. The Hall–Kier alpha value is -0.840. The van der Waals surface area contributed by atoms with Crippen molar-refractivity contribution in [2.24, 2.45) is 4.99 Å². The number of halogens is 1. The van der Waals surface area contributed by atoms with Crippen molar-refractivity contribution >= 4 is 29.9 Å². The molecule has 3 rings (SSSR count). The quantitative estimate of drug-likeness (QED) is 0.290. The first-order valence-electron chi connectivity index (χ1n) is 11.5. The Morgan fingerprint density at radius 3 is 2.40 bits per heavy atom. The molecule has 2 aliphatic heterocycles. The first kappa shape index (κ1) is 25.4. The number of hydrogen-bond donors (Lipinski definition) is 2. The fourth-order valence-electron chi connectivity index (χ4n) is 4.28. The molecule has 0 aliphatic carbocycles. The number of likely N-dealkylation sites (tertiary alicyclic amines) is 1. The van der Waals surface area contributed by atoms with Gasteiger partial charge in [0.1, 0.15) is 5.76 Å². The molecule has 2 saturated heterocycles. The Morgan fingerprint density at radius 1 is 1.03 bits per heavy atom. The third-order valence-corrected chi connectivity index (χ3v) is 6.10. The third kappa shape index (κ3) is 8.01. The number of nitrogens with zero attached hydrogens (tertiary/aromatic N) is 4. The molecule has 3 heterocycles. The largest absolute Gasteiger partial charge is 0.468 e. The summed E-state index contributed by atoms with van der Waals surface area (Å²) < 4.78 is 5.76. The fraction of sp³-hybridized carbons (Fsp3) is 0.773. The van der Waals surface area contributed by atoms with Gasteiger partial charge in [-0.1, -0.05) is 13.3 Å². The van der Waals surface area contributed by atoms with Gasteiger partial charge >= 0.3 is 0 Å². The molecule has 2 N–H and O–H groups in total. The summed E-state index contributed by atoms with van der Waals surface area (Å²) in [5, 5.41) is 6.93. The second-order valence-electron chi connectivity index (χ2n) is 8.05. The molecule has 8 heteroatoms. The molecule has 0 radical (unpaired) electrons. The van der Waals surface area contributed by atoms with Gasteiger partial charge in [-0.05, 0) is 51.5 Å². The van der Waals surface area contributed by atoms with Crippen molar-refractivity contribution in [1.82, 2.24) is 25.3 Å². The molecule has 1 atom stereocenters. The molecule has 0 amide bonds. The maximum atomic E-state index is 5.76. The molecular formula is C22H41IN6O. The lowest BCUT2D eigenvalue weighted by Gasteiger charge is -2.34. The van der Waals surface area contributed by atoms with Crippen molar-refractivity contribution in [3.63, 3.8) is 0 Å². The molecule has 1 aromatic heterocycles. The van der Waals surface area contributed by atoms with Crippen LogP contribution in [0.25, 0.3) is 0 Å². The van der Waals surface area contributed by atoms with E-state index >= 15 is 0 Å². The van der Waals surface area contributed by atoms with Gasteiger partial charge in [0.2, 0.25) is 0 Å². The Balaban J connectivity index is 0.00000320. The van der Waals surface area contributed by atoms with Crippen molar-refractivity contribution in [2.45, 2.75) is 39.2 Å². The number of guanidine groups is 1. The maximum Gasteiger partial charge on any atom is 0.191 e. The molecule has 1 unspecified atom stereocenters. The van der Waals surface area contributed by atoms with Gasteiger partial charge in [0.15, 0.2) is 5.96 Å². The third-order valence-electron chi connectivity index (χ3n) is 6.10. The lowest BCUT2D eigenvalue weighted by Crippen LogP contribution is -2.49. The van der Waals surface area contributed by atoms with Crippen LogP contribution in [0.2, 0.25) is 0 Å². The fourth-order valence-corrected chi connectivity index (χ4v) is 4.28. The molecule has 7 nitrogen and oxygen atoms in total. The van der Waals surface area contributed by atoms with Crippen LogP contribution in [0.4, 0.5) is 0 Å². The minimum Gasteiger partial charge on any atom is -0.468 e. The van der Waals surface area contributed by atoms with E-state index in [2.05, 4.69) is 45.2 Å². The van der Waals surface area contributed by atoms with Crippen LogP contribution in [0.15, 0.2) is 27.8 Å². The summed E-state index contributed by atoms with van der Waals surface area (Å²) in [4.78, 5) is 12.5. The molecular weight excluding hydrogens is 491 g/mol. The van der Waals surface area contributed by atoms with Gasteiger partial charge in [0, 0.05) is 45.8 Å². The minimum absolute atomic E-state index is 0. The van der Waals surface area contributed by atoms with Gasteiger partial charge in [0.05, 0.1) is 18.8 Å². The summed E-state index contributed by atoms with van der Waals surface area (Å²) in [7, 11) is 0. The van der Waals surface area contributed by atoms with Crippen molar-refractivity contribution in [1.29, 1.82) is 0 Å². The molecule has 2 aliphatic rings. The van der Waals surface area contributed by atoms with E-state index in [0.29, 0.717) is 0 Å². The number of piperidine rings is 1. The standard InChI is InChI=1S/C22H40N6O.HI/c1-3-23-22(24-10-13-27-16-14-26(4-2)15-17-27)25-19-20(21-9-8-18-29-21)28-11-6-5-7-12-28;/h8-9,18,20H,3-7,10-17,19H2,1-2H3,(H2,23,24,25);1H. The summed E-state index contributed by atoms with van der Waals surface area (Å²) >= 11 is 0. The van der Waals surface area contributed by atoms with Crippen LogP contribution in [0.3, 0.4) is 0 Å². The van der Waals surface area contributed by atoms with Crippen molar-refractivity contribution in [3.05, 3.63) is 24.2 Å². The van der Waals surface area contributed by atoms with E-state index in [1.165, 1.54) is 45.4 Å². The Kier molecular flexibility index (Phi) is 12.1. The van der Waals surface area contributed by atoms with E-state index in [0.717, 1.165) is 57.5 Å². The van der Waals surface area contributed by atoms with Crippen LogP contribution in [0.5, 0.6) is 0 Å².